The van der Waals surface area contributed by atoms with Crippen LogP contribution < -0.4 is 16.0 Å². The standard InChI is InChI=1S/C27H31N3O5/c1-26(2,3)21-15-18(30-12-10-22(31)28-24(30)32)14-19(23(21)35-6)16-7-8-20-17(13-16)9-11-27(20,4)29(5)25(33)34/h7-8,10,12-15H,9,11H2,1-6H3,(H,33,34)(H,28,31,32). The number of aromatic nitrogens is 2. The normalized spacial score (nSPS) is 17.2. The monoisotopic (exact) mass is 477 g/mol. The van der Waals surface area contributed by atoms with Crippen LogP contribution in [0.4, 0.5) is 4.79 Å². The number of methoxy groups -OCH3 is 1. The van der Waals surface area contributed by atoms with Crippen molar-refractivity contribution in [2.45, 2.75) is 51.5 Å². The topological polar surface area (TPSA) is 105 Å². The van der Waals surface area contributed by atoms with Gasteiger partial charge in [0.25, 0.3) is 5.56 Å². The molecule has 0 aliphatic heterocycles. The number of carbonyl (C=O) groups is 1. The van der Waals surface area contributed by atoms with E-state index in [0.717, 1.165) is 34.2 Å². The van der Waals surface area contributed by atoms with Crippen molar-refractivity contribution < 1.29 is 14.6 Å². The molecule has 2 N–H and O–H groups in total. The van der Waals surface area contributed by atoms with Crippen molar-refractivity contribution in [2.24, 2.45) is 0 Å². The average molecular weight is 478 g/mol. The lowest BCUT2D eigenvalue weighted by Gasteiger charge is -2.34. The zero-order valence-corrected chi connectivity index (χ0v) is 20.9. The summed E-state index contributed by atoms with van der Waals surface area (Å²) in [6.45, 7) is 8.17. The third kappa shape index (κ3) is 4.13. The molecule has 184 valence electrons. The van der Waals surface area contributed by atoms with Crippen molar-refractivity contribution in [2.75, 3.05) is 14.2 Å². The van der Waals surface area contributed by atoms with Crippen LogP contribution in [0.1, 0.15) is 50.8 Å². The highest BCUT2D eigenvalue weighted by molar-refractivity contribution is 5.77. The zero-order valence-electron chi connectivity index (χ0n) is 20.9. The van der Waals surface area contributed by atoms with Gasteiger partial charge >= 0.3 is 11.8 Å². The van der Waals surface area contributed by atoms with E-state index in [1.54, 1.807) is 14.2 Å². The van der Waals surface area contributed by atoms with E-state index in [4.69, 9.17) is 4.74 Å². The Balaban J connectivity index is 1.94. The molecule has 0 spiro atoms. The molecule has 2 aromatic carbocycles. The molecule has 8 nitrogen and oxygen atoms in total. The van der Waals surface area contributed by atoms with Gasteiger partial charge in [-0.2, -0.15) is 0 Å². The number of nitrogens with zero attached hydrogens (tertiary/aromatic N) is 2. The first kappa shape index (κ1) is 24.3. The third-order valence-electron chi connectivity index (χ3n) is 7.09. The van der Waals surface area contributed by atoms with Gasteiger partial charge < -0.3 is 14.7 Å². The van der Waals surface area contributed by atoms with Crippen LogP contribution in [-0.4, -0.2) is 39.8 Å². The highest BCUT2D eigenvalue weighted by atomic mass is 16.5. The van der Waals surface area contributed by atoms with Crippen LogP contribution in [0.15, 0.2) is 52.2 Å². The van der Waals surface area contributed by atoms with Crippen LogP contribution >= 0.6 is 0 Å². The number of ether oxygens (including phenoxy) is 1. The van der Waals surface area contributed by atoms with Crippen molar-refractivity contribution in [1.82, 2.24) is 14.5 Å². The number of nitrogens with one attached hydrogen (secondary N) is 1. The SMILES string of the molecule is COc1c(-c2ccc3c(c2)CCC3(C)N(C)C(=O)O)cc(-n2ccc(=O)[nH]c2=O)cc1C(C)(C)C. The maximum absolute atomic E-state index is 12.6. The molecule has 0 bridgehead atoms. The summed E-state index contributed by atoms with van der Waals surface area (Å²) >= 11 is 0. The molecule has 1 atom stereocenters. The number of aryl methyl sites for hydroxylation is 1. The predicted octanol–water partition coefficient (Wildman–Crippen LogP) is 4.27. The summed E-state index contributed by atoms with van der Waals surface area (Å²) in [5.74, 6) is 0.710. The maximum atomic E-state index is 12.6. The summed E-state index contributed by atoms with van der Waals surface area (Å²) in [7, 11) is 3.24. The number of amides is 1. The van der Waals surface area contributed by atoms with Crippen LogP contribution in [0.5, 0.6) is 5.75 Å². The van der Waals surface area contributed by atoms with Gasteiger partial charge in [0.2, 0.25) is 0 Å². The molecule has 0 radical (unpaired) electrons. The first-order valence-electron chi connectivity index (χ1n) is 11.5. The molecule has 1 aliphatic rings. The lowest BCUT2D eigenvalue weighted by molar-refractivity contribution is 0.101. The molecular formula is C27H31N3O5. The Bertz CT molecular complexity index is 1430. The Morgan fingerprint density at radius 3 is 2.49 bits per heavy atom. The van der Waals surface area contributed by atoms with Crippen molar-refractivity contribution in [3.63, 3.8) is 0 Å². The van der Waals surface area contributed by atoms with E-state index in [9.17, 15) is 19.5 Å². The fraction of sp³-hybridized carbons (Fsp3) is 0.370. The van der Waals surface area contributed by atoms with Crippen LogP contribution in [0.25, 0.3) is 16.8 Å². The molecule has 1 unspecified atom stereocenters. The van der Waals surface area contributed by atoms with E-state index in [0.29, 0.717) is 17.9 Å². The summed E-state index contributed by atoms with van der Waals surface area (Å²) < 4.78 is 7.31. The molecular weight excluding hydrogens is 446 g/mol. The summed E-state index contributed by atoms with van der Waals surface area (Å²) in [5, 5.41) is 9.58. The molecule has 3 aromatic rings. The van der Waals surface area contributed by atoms with Gasteiger partial charge in [0, 0.05) is 30.4 Å². The van der Waals surface area contributed by atoms with Gasteiger partial charge in [-0.05, 0) is 54.0 Å². The number of benzene rings is 2. The number of carboxylic acid groups (broad SMARTS) is 1. The third-order valence-corrected chi connectivity index (χ3v) is 7.09. The number of hydrogen-bond acceptors (Lipinski definition) is 4. The average Bonchev–Trinajstić information content (AvgIpc) is 3.14. The lowest BCUT2D eigenvalue weighted by Crippen LogP contribution is -2.42. The summed E-state index contributed by atoms with van der Waals surface area (Å²) in [6, 6.07) is 11.2. The molecule has 4 rings (SSSR count). The quantitative estimate of drug-likeness (QED) is 0.584. The Kier molecular flexibility index (Phi) is 5.87. The van der Waals surface area contributed by atoms with E-state index >= 15 is 0 Å². The molecule has 1 heterocycles. The number of rotatable bonds is 4. The molecule has 0 fully saturated rings. The van der Waals surface area contributed by atoms with Gasteiger partial charge in [-0.15, -0.1) is 0 Å². The van der Waals surface area contributed by atoms with Crippen LogP contribution in [0.3, 0.4) is 0 Å². The first-order chi connectivity index (χ1) is 16.4. The van der Waals surface area contributed by atoms with E-state index in [2.05, 4.69) is 31.8 Å². The zero-order chi connectivity index (χ0) is 25.7. The first-order valence-corrected chi connectivity index (χ1v) is 11.5. The largest absolute Gasteiger partial charge is 0.496 e. The number of fused-ring (bicyclic) bond motifs is 1. The van der Waals surface area contributed by atoms with Crippen molar-refractivity contribution in [3.05, 3.63) is 80.1 Å². The number of aromatic amines is 1. The van der Waals surface area contributed by atoms with Gasteiger partial charge in [-0.3, -0.25) is 14.3 Å². The Hall–Kier alpha value is -3.81. The van der Waals surface area contributed by atoms with Crippen LogP contribution in [-0.2, 0) is 17.4 Å². The van der Waals surface area contributed by atoms with E-state index in [1.165, 1.54) is 21.7 Å². The second-order valence-electron chi connectivity index (χ2n) is 10.3. The van der Waals surface area contributed by atoms with Crippen LogP contribution in [0, 0.1) is 0 Å². The smallest absolute Gasteiger partial charge is 0.407 e. The fourth-order valence-electron chi connectivity index (χ4n) is 4.93. The van der Waals surface area contributed by atoms with E-state index < -0.39 is 22.9 Å². The molecule has 8 heteroatoms. The van der Waals surface area contributed by atoms with Gasteiger partial charge in [0.15, 0.2) is 0 Å². The Labute approximate surface area is 203 Å². The van der Waals surface area contributed by atoms with Crippen LogP contribution in [0.2, 0.25) is 0 Å². The minimum atomic E-state index is -0.958. The summed E-state index contributed by atoms with van der Waals surface area (Å²) in [6.07, 6.45) is 1.96. The van der Waals surface area contributed by atoms with Gasteiger partial charge in [-0.1, -0.05) is 39.0 Å². The maximum Gasteiger partial charge on any atom is 0.407 e. The number of hydrogen-bond donors (Lipinski definition) is 2. The molecule has 0 saturated heterocycles. The van der Waals surface area contributed by atoms with Gasteiger partial charge in [0.1, 0.15) is 5.75 Å². The molecule has 1 aliphatic carbocycles. The Morgan fingerprint density at radius 1 is 1.17 bits per heavy atom. The molecule has 1 aromatic heterocycles. The predicted molar refractivity (Wildman–Crippen MR) is 135 cm³/mol. The van der Waals surface area contributed by atoms with Crippen molar-refractivity contribution in [1.29, 1.82) is 0 Å². The molecule has 1 amide bonds. The second-order valence-corrected chi connectivity index (χ2v) is 10.3. The van der Waals surface area contributed by atoms with Gasteiger partial charge in [-0.25, -0.2) is 9.59 Å². The fourth-order valence-corrected chi connectivity index (χ4v) is 4.93. The lowest BCUT2D eigenvalue weighted by atomic mass is 9.83. The Morgan fingerprint density at radius 2 is 1.89 bits per heavy atom. The summed E-state index contributed by atoms with van der Waals surface area (Å²) in [5.41, 5.74) is 3.48. The molecule has 0 saturated carbocycles. The minimum Gasteiger partial charge on any atom is -0.496 e. The highest BCUT2D eigenvalue weighted by Crippen LogP contribution is 2.45. The summed E-state index contributed by atoms with van der Waals surface area (Å²) in [4.78, 5) is 39.6. The van der Waals surface area contributed by atoms with E-state index in [-0.39, 0.29) is 5.41 Å². The van der Waals surface area contributed by atoms with Crippen molar-refractivity contribution in [3.8, 4) is 22.6 Å². The second kappa shape index (κ2) is 8.45. The molecule has 35 heavy (non-hydrogen) atoms. The minimum absolute atomic E-state index is 0.290. The highest BCUT2D eigenvalue weighted by Gasteiger charge is 2.40. The van der Waals surface area contributed by atoms with Crippen molar-refractivity contribution >= 4 is 6.09 Å². The number of H-pyrrole nitrogens is 1. The van der Waals surface area contributed by atoms with E-state index in [1.807, 2.05) is 31.2 Å². The van der Waals surface area contributed by atoms with Gasteiger partial charge in [0.05, 0.1) is 18.3 Å².